The topological polar surface area (TPSA) is 164 Å². The summed E-state index contributed by atoms with van der Waals surface area (Å²) in [4.78, 5) is 12.9. The van der Waals surface area contributed by atoms with Gasteiger partial charge in [-0.05, 0) is 75.0 Å². The van der Waals surface area contributed by atoms with E-state index in [-0.39, 0.29) is 64.9 Å². The highest BCUT2D eigenvalue weighted by atomic mass is 16.7. The highest BCUT2D eigenvalue weighted by Crippen LogP contribution is 2.88. The van der Waals surface area contributed by atoms with E-state index >= 15 is 0 Å². The van der Waals surface area contributed by atoms with Crippen LogP contribution in [0.5, 0.6) is 0 Å². The first kappa shape index (κ1) is 34.0. The second kappa shape index (κ2) is 10.0. The second-order valence-electron chi connectivity index (χ2n) is 18.5. The van der Waals surface area contributed by atoms with Gasteiger partial charge in [0.05, 0.1) is 24.4 Å². The Kier molecular flexibility index (Phi) is 7.10. The molecule has 8 rings (SSSR count). The van der Waals surface area contributed by atoms with Gasteiger partial charge in [0.15, 0.2) is 6.29 Å². The molecule has 11 heteroatoms. The van der Waals surface area contributed by atoms with E-state index in [0.717, 1.165) is 32.1 Å². The molecule has 3 heterocycles. The Morgan fingerprint density at radius 3 is 2.38 bits per heavy atom. The summed E-state index contributed by atoms with van der Waals surface area (Å²) in [6.07, 6.45) is -0.377. The van der Waals surface area contributed by atoms with Crippen LogP contribution >= 0.6 is 0 Å². The summed E-state index contributed by atoms with van der Waals surface area (Å²) in [5.41, 5.74) is -0.907. The number of rotatable bonds is 3. The molecule has 0 amide bonds. The normalized spacial score (nSPS) is 58.7. The maximum Gasteiger partial charge on any atom is 0.302 e. The number of aliphatic hydroxyl groups excluding tert-OH is 4. The molecule has 0 aromatic carbocycles. The Hall–Kier alpha value is -1.15. The van der Waals surface area contributed by atoms with Crippen LogP contribution < -0.4 is 0 Å². The van der Waals surface area contributed by atoms with Crippen molar-refractivity contribution in [2.24, 2.45) is 44.8 Å². The molecule has 0 unspecified atom stereocenters. The average Bonchev–Trinajstić information content (AvgIpc) is 3.52. The quantitative estimate of drug-likeness (QED) is 0.221. The van der Waals surface area contributed by atoms with Crippen LogP contribution in [0.3, 0.4) is 0 Å². The fourth-order valence-corrected chi connectivity index (χ4v) is 13.5. The van der Waals surface area contributed by atoms with Gasteiger partial charge < -0.3 is 49.2 Å². The molecule has 0 aromatic rings. The Labute approximate surface area is 283 Å². The molecule has 3 saturated heterocycles. The van der Waals surface area contributed by atoms with Gasteiger partial charge in [0.2, 0.25) is 5.79 Å². The number of aliphatic hydroxyl groups is 5. The molecule has 270 valence electrons. The van der Waals surface area contributed by atoms with Gasteiger partial charge in [-0.2, -0.15) is 0 Å². The lowest BCUT2D eigenvalue weighted by molar-refractivity contribution is -0.329. The van der Waals surface area contributed by atoms with Crippen molar-refractivity contribution in [3.63, 3.8) is 0 Å². The van der Waals surface area contributed by atoms with Gasteiger partial charge in [-0.1, -0.05) is 46.3 Å². The number of hydrogen-bond acceptors (Lipinski definition) is 11. The molecule has 48 heavy (non-hydrogen) atoms. The first-order chi connectivity index (χ1) is 22.2. The van der Waals surface area contributed by atoms with Crippen molar-refractivity contribution in [3.05, 3.63) is 11.6 Å². The van der Waals surface area contributed by atoms with Crippen LogP contribution in [-0.4, -0.2) is 105 Å². The van der Waals surface area contributed by atoms with Crippen LogP contribution in [0.2, 0.25) is 0 Å². The predicted octanol–water partition coefficient (Wildman–Crippen LogP) is 2.58. The van der Waals surface area contributed by atoms with E-state index in [1.165, 1.54) is 12.5 Å². The van der Waals surface area contributed by atoms with Crippen LogP contribution in [0.25, 0.3) is 0 Å². The number of esters is 1. The average molecular weight is 677 g/mol. The molecule has 4 saturated carbocycles. The highest BCUT2D eigenvalue weighted by Gasteiger charge is 2.85. The van der Waals surface area contributed by atoms with Crippen molar-refractivity contribution in [1.82, 2.24) is 0 Å². The lowest BCUT2D eigenvalue weighted by Gasteiger charge is -2.62. The minimum absolute atomic E-state index is 0.0107. The van der Waals surface area contributed by atoms with E-state index < -0.39 is 59.0 Å². The lowest BCUT2D eigenvalue weighted by Crippen LogP contribution is -2.64. The molecule has 7 fully saturated rings. The molecule has 0 aromatic heterocycles. The van der Waals surface area contributed by atoms with Gasteiger partial charge >= 0.3 is 5.97 Å². The summed E-state index contributed by atoms with van der Waals surface area (Å²) in [5.74, 6) is -2.11. The Bertz CT molecular complexity index is 1410. The van der Waals surface area contributed by atoms with Crippen LogP contribution in [0.4, 0.5) is 0 Å². The molecular weight excluding hydrogens is 620 g/mol. The first-order valence-corrected chi connectivity index (χ1v) is 18.2. The summed E-state index contributed by atoms with van der Waals surface area (Å²) in [6.45, 7) is 16.1. The van der Waals surface area contributed by atoms with E-state index in [1.807, 2.05) is 0 Å². The van der Waals surface area contributed by atoms with E-state index in [9.17, 15) is 30.3 Å². The lowest BCUT2D eigenvalue weighted by atomic mass is 9.44. The van der Waals surface area contributed by atoms with Crippen molar-refractivity contribution < 1.29 is 54.0 Å². The standard InChI is InChI=1S/C37H56O11/c1-17-25-20(47-37(43)28(17)48-32(5,6)30(37)42)13-33(7)22-10-9-21-31(3,4)23(46-29-27(41)26(40)19(39)15-44-29)11-12-35(21)16-36(22,35)14-24(34(25,33)8)45-18(2)38/h10,17,19-21,23-30,39-43H,9,11-16H2,1-8H3/t17-,19-,20+,21-,23+,24-,25+,26+,27-,28-,29+,30-,33+,34-,35-,36+,37+/m1/s1. The molecule has 5 aliphatic carbocycles. The van der Waals surface area contributed by atoms with E-state index in [2.05, 4.69) is 40.7 Å². The molecule has 5 N–H and O–H groups in total. The molecule has 8 aliphatic rings. The third-order valence-corrected chi connectivity index (χ3v) is 15.8. The Morgan fingerprint density at radius 1 is 0.979 bits per heavy atom. The van der Waals surface area contributed by atoms with Crippen molar-refractivity contribution >= 4 is 5.97 Å². The molecule has 11 nitrogen and oxygen atoms in total. The fraction of sp³-hybridized carbons (Fsp3) is 0.919. The van der Waals surface area contributed by atoms with Gasteiger partial charge in [-0.3, -0.25) is 4.79 Å². The van der Waals surface area contributed by atoms with E-state index in [4.69, 9.17) is 23.7 Å². The molecular formula is C37H56O11. The minimum Gasteiger partial charge on any atom is -0.462 e. The number of carbonyl (C=O) groups is 1. The summed E-state index contributed by atoms with van der Waals surface area (Å²) in [7, 11) is 0. The largest absolute Gasteiger partial charge is 0.462 e. The van der Waals surface area contributed by atoms with Crippen molar-refractivity contribution in [3.8, 4) is 0 Å². The fourth-order valence-electron chi connectivity index (χ4n) is 13.5. The number of allylic oxidation sites excluding steroid dienone is 2. The summed E-state index contributed by atoms with van der Waals surface area (Å²) < 4.78 is 31.5. The van der Waals surface area contributed by atoms with Crippen molar-refractivity contribution in [2.75, 3.05) is 6.61 Å². The summed E-state index contributed by atoms with van der Waals surface area (Å²) in [5, 5.41) is 54.0. The second-order valence-corrected chi connectivity index (χ2v) is 18.5. The van der Waals surface area contributed by atoms with Crippen LogP contribution in [0, 0.1) is 44.8 Å². The zero-order chi connectivity index (χ0) is 34.8. The first-order valence-electron chi connectivity index (χ1n) is 18.2. The number of carbonyl (C=O) groups excluding carboxylic acids is 1. The summed E-state index contributed by atoms with van der Waals surface area (Å²) in [6, 6.07) is 0. The van der Waals surface area contributed by atoms with Gasteiger partial charge in [-0.15, -0.1) is 0 Å². The van der Waals surface area contributed by atoms with E-state index in [1.54, 1.807) is 13.8 Å². The van der Waals surface area contributed by atoms with Crippen LogP contribution in [0.1, 0.15) is 93.9 Å². The summed E-state index contributed by atoms with van der Waals surface area (Å²) >= 11 is 0. The van der Waals surface area contributed by atoms with Gasteiger partial charge in [0.1, 0.15) is 36.6 Å². The van der Waals surface area contributed by atoms with Crippen LogP contribution in [-0.2, 0) is 28.5 Å². The number of ether oxygens (including phenoxy) is 5. The SMILES string of the molecule is CC(=O)O[C@@H]1C[C@@]23C[C@@]24CC[C@H](O[C@@H]2OC[C@@H](O)[C@H](O)[C@H]2O)C(C)(C)[C@H]4CC=C3[C@]2(C)C[C@@H]3O[C@@]4(O)[C@H](OC(C)(C)[C@H]4O)[C@H](C)[C@@H]3[C@@]12C. The van der Waals surface area contributed by atoms with Crippen molar-refractivity contribution in [2.45, 2.75) is 160 Å². The molecule has 0 bridgehead atoms. The predicted molar refractivity (Wildman–Crippen MR) is 170 cm³/mol. The van der Waals surface area contributed by atoms with Crippen LogP contribution in [0.15, 0.2) is 11.6 Å². The van der Waals surface area contributed by atoms with Crippen molar-refractivity contribution in [1.29, 1.82) is 0 Å². The third-order valence-electron chi connectivity index (χ3n) is 15.8. The Morgan fingerprint density at radius 2 is 1.69 bits per heavy atom. The third kappa shape index (κ3) is 3.89. The molecule has 0 radical (unpaired) electrons. The highest BCUT2D eigenvalue weighted by molar-refractivity contribution is 5.66. The Balaban J connectivity index is 1.15. The number of hydrogen-bond donors (Lipinski definition) is 5. The van der Waals surface area contributed by atoms with E-state index in [0.29, 0.717) is 6.42 Å². The monoisotopic (exact) mass is 676 g/mol. The van der Waals surface area contributed by atoms with Gasteiger partial charge in [0.25, 0.3) is 0 Å². The minimum atomic E-state index is -1.82. The van der Waals surface area contributed by atoms with Gasteiger partial charge in [0, 0.05) is 29.1 Å². The smallest absolute Gasteiger partial charge is 0.302 e. The molecule has 2 spiro atoms. The zero-order valence-electron chi connectivity index (χ0n) is 29.6. The molecule has 17 atom stereocenters. The maximum atomic E-state index is 12.9. The maximum absolute atomic E-state index is 12.9. The number of fused-ring (bicyclic) bond motifs is 5. The zero-order valence-corrected chi connectivity index (χ0v) is 29.6. The molecule has 3 aliphatic heterocycles. The van der Waals surface area contributed by atoms with Gasteiger partial charge in [-0.25, -0.2) is 0 Å².